The van der Waals surface area contributed by atoms with Crippen molar-refractivity contribution in [1.29, 1.82) is 0 Å². The van der Waals surface area contributed by atoms with Crippen LogP contribution in [-0.2, 0) is 6.54 Å². The van der Waals surface area contributed by atoms with Crippen molar-refractivity contribution in [2.24, 2.45) is 0 Å². The van der Waals surface area contributed by atoms with Crippen LogP contribution >= 0.6 is 0 Å². The van der Waals surface area contributed by atoms with Crippen molar-refractivity contribution < 1.29 is 4.52 Å². The van der Waals surface area contributed by atoms with E-state index in [9.17, 15) is 0 Å². The Morgan fingerprint density at radius 2 is 2.31 bits per heavy atom. The molecule has 0 atom stereocenters. The molecule has 0 spiro atoms. The first kappa shape index (κ1) is 9.92. The van der Waals surface area contributed by atoms with Gasteiger partial charge in [-0.25, -0.2) is 0 Å². The van der Waals surface area contributed by atoms with Crippen molar-refractivity contribution >= 4 is 0 Å². The SMILES string of the molecule is CC(C)=CCNCc1nc(C)no1. The van der Waals surface area contributed by atoms with Crippen molar-refractivity contribution in [3.05, 3.63) is 23.4 Å². The number of nitrogens with zero attached hydrogens (tertiary/aromatic N) is 2. The Hall–Kier alpha value is -1.16. The van der Waals surface area contributed by atoms with Crippen LogP contribution in [-0.4, -0.2) is 16.7 Å². The Morgan fingerprint density at radius 3 is 2.85 bits per heavy atom. The summed E-state index contributed by atoms with van der Waals surface area (Å²) in [5.41, 5.74) is 1.30. The van der Waals surface area contributed by atoms with Crippen LogP contribution in [0.15, 0.2) is 16.2 Å². The van der Waals surface area contributed by atoms with Crippen molar-refractivity contribution in [3.8, 4) is 0 Å². The molecule has 0 aliphatic carbocycles. The van der Waals surface area contributed by atoms with E-state index in [4.69, 9.17) is 4.52 Å². The molecule has 1 heterocycles. The first-order valence-corrected chi connectivity index (χ1v) is 4.32. The fourth-order valence-corrected chi connectivity index (χ4v) is 0.867. The average molecular weight is 181 g/mol. The number of aromatic nitrogens is 2. The predicted octanol–water partition coefficient (Wildman–Crippen LogP) is 1.43. The first-order chi connectivity index (χ1) is 6.18. The largest absolute Gasteiger partial charge is 0.338 e. The summed E-state index contributed by atoms with van der Waals surface area (Å²) in [6.07, 6.45) is 2.11. The minimum absolute atomic E-state index is 0.630. The highest BCUT2D eigenvalue weighted by molar-refractivity contribution is 4.94. The molecule has 0 aliphatic heterocycles. The topological polar surface area (TPSA) is 51.0 Å². The third-order valence-corrected chi connectivity index (χ3v) is 1.50. The maximum absolute atomic E-state index is 4.93. The van der Waals surface area contributed by atoms with Crippen LogP contribution in [0.1, 0.15) is 25.6 Å². The Morgan fingerprint density at radius 1 is 1.54 bits per heavy atom. The van der Waals surface area contributed by atoms with Crippen molar-refractivity contribution in [2.45, 2.75) is 27.3 Å². The van der Waals surface area contributed by atoms with Crippen LogP contribution in [0.3, 0.4) is 0 Å². The second kappa shape index (κ2) is 4.77. The Bertz CT molecular complexity index is 287. The van der Waals surface area contributed by atoms with Gasteiger partial charge in [0.15, 0.2) is 5.82 Å². The lowest BCUT2D eigenvalue weighted by Crippen LogP contribution is -2.13. The summed E-state index contributed by atoms with van der Waals surface area (Å²) in [4.78, 5) is 4.07. The van der Waals surface area contributed by atoms with Gasteiger partial charge in [0.2, 0.25) is 5.89 Å². The quantitative estimate of drug-likeness (QED) is 0.564. The van der Waals surface area contributed by atoms with Crippen LogP contribution < -0.4 is 5.32 Å². The fraction of sp³-hybridized carbons (Fsp3) is 0.556. The van der Waals surface area contributed by atoms with Gasteiger partial charge in [-0.1, -0.05) is 16.8 Å². The van der Waals surface area contributed by atoms with E-state index < -0.39 is 0 Å². The van der Waals surface area contributed by atoms with Gasteiger partial charge >= 0.3 is 0 Å². The molecule has 0 fully saturated rings. The molecule has 1 N–H and O–H groups in total. The normalized spacial score (nSPS) is 10.1. The highest BCUT2D eigenvalue weighted by atomic mass is 16.5. The van der Waals surface area contributed by atoms with Gasteiger partial charge < -0.3 is 9.84 Å². The molecule has 0 aliphatic rings. The van der Waals surface area contributed by atoms with Crippen LogP contribution in [0.25, 0.3) is 0 Å². The van der Waals surface area contributed by atoms with Gasteiger partial charge in [0.1, 0.15) is 0 Å². The van der Waals surface area contributed by atoms with Crippen LogP contribution in [0.5, 0.6) is 0 Å². The lowest BCUT2D eigenvalue weighted by Gasteiger charge is -1.95. The third-order valence-electron chi connectivity index (χ3n) is 1.50. The van der Waals surface area contributed by atoms with E-state index in [1.807, 2.05) is 6.92 Å². The number of rotatable bonds is 4. The molecule has 4 nitrogen and oxygen atoms in total. The highest BCUT2D eigenvalue weighted by Crippen LogP contribution is 1.94. The number of hydrogen-bond donors (Lipinski definition) is 1. The summed E-state index contributed by atoms with van der Waals surface area (Å²) in [6, 6.07) is 0. The maximum atomic E-state index is 4.93. The van der Waals surface area contributed by atoms with E-state index in [0.717, 1.165) is 6.54 Å². The molecule has 0 saturated heterocycles. The molecule has 0 radical (unpaired) electrons. The van der Waals surface area contributed by atoms with E-state index in [1.165, 1.54) is 5.57 Å². The predicted molar refractivity (Wildman–Crippen MR) is 50.2 cm³/mol. The zero-order valence-corrected chi connectivity index (χ0v) is 8.29. The number of nitrogens with one attached hydrogen (secondary N) is 1. The number of allylic oxidation sites excluding steroid dienone is 1. The summed E-state index contributed by atoms with van der Waals surface area (Å²) in [5, 5.41) is 6.86. The van der Waals surface area contributed by atoms with E-state index in [-0.39, 0.29) is 0 Å². The van der Waals surface area contributed by atoms with Gasteiger partial charge in [0.05, 0.1) is 6.54 Å². The Kier molecular flexibility index (Phi) is 3.64. The molecular weight excluding hydrogens is 166 g/mol. The Labute approximate surface area is 78.0 Å². The summed E-state index contributed by atoms with van der Waals surface area (Å²) < 4.78 is 4.93. The number of aryl methyl sites for hydroxylation is 1. The molecule has 0 amide bonds. The van der Waals surface area contributed by atoms with Gasteiger partial charge in [-0.2, -0.15) is 4.98 Å². The summed E-state index contributed by atoms with van der Waals surface area (Å²) in [7, 11) is 0. The van der Waals surface area contributed by atoms with Gasteiger partial charge in [-0.05, 0) is 20.8 Å². The molecule has 1 aromatic rings. The van der Waals surface area contributed by atoms with Crippen LogP contribution in [0.4, 0.5) is 0 Å². The first-order valence-electron chi connectivity index (χ1n) is 4.32. The van der Waals surface area contributed by atoms with E-state index in [1.54, 1.807) is 0 Å². The molecule has 72 valence electrons. The molecule has 0 unspecified atom stereocenters. The summed E-state index contributed by atoms with van der Waals surface area (Å²) >= 11 is 0. The zero-order chi connectivity index (χ0) is 9.68. The van der Waals surface area contributed by atoms with Gasteiger partial charge in [0, 0.05) is 6.54 Å². The standard InChI is InChI=1S/C9H15N3O/c1-7(2)4-5-10-6-9-11-8(3)12-13-9/h4,10H,5-6H2,1-3H3. The average Bonchev–Trinajstić information content (AvgIpc) is 2.45. The smallest absolute Gasteiger partial charge is 0.240 e. The van der Waals surface area contributed by atoms with Gasteiger partial charge in [0.25, 0.3) is 0 Å². The third kappa shape index (κ3) is 3.85. The molecular formula is C9H15N3O. The molecule has 0 saturated carbocycles. The van der Waals surface area contributed by atoms with Gasteiger partial charge in [-0.3, -0.25) is 0 Å². The summed E-state index contributed by atoms with van der Waals surface area (Å²) in [5.74, 6) is 1.32. The van der Waals surface area contributed by atoms with Crippen molar-refractivity contribution in [3.63, 3.8) is 0 Å². The fourth-order valence-electron chi connectivity index (χ4n) is 0.867. The van der Waals surface area contributed by atoms with E-state index in [2.05, 4.69) is 35.4 Å². The van der Waals surface area contributed by atoms with E-state index in [0.29, 0.717) is 18.3 Å². The van der Waals surface area contributed by atoms with Crippen molar-refractivity contribution in [2.75, 3.05) is 6.54 Å². The minimum Gasteiger partial charge on any atom is -0.338 e. The molecule has 0 bridgehead atoms. The Balaban J connectivity index is 2.24. The van der Waals surface area contributed by atoms with E-state index >= 15 is 0 Å². The molecule has 4 heteroatoms. The second-order valence-electron chi connectivity index (χ2n) is 3.15. The molecule has 13 heavy (non-hydrogen) atoms. The monoisotopic (exact) mass is 181 g/mol. The highest BCUT2D eigenvalue weighted by Gasteiger charge is 1.99. The van der Waals surface area contributed by atoms with Gasteiger partial charge in [-0.15, -0.1) is 0 Å². The lowest BCUT2D eigenvalue weighted by atomic mass is 10.3. The zero-order valence-electron chi connectivity index (χ0n) is 8.29. The van der Waals surface area contributed by atoms with Crippen LogP contribution in [0.2, 0.25) is 0 Å². The van der Waals surface area contributed by atoms with Crippen molar-refractivity contribution in [1.82, 2.24) is 15.5 Å². The molecule has 1 rings (SSSR count). The van der Waals surface area contributed by atoms with Crippen LogP contribution in [0, 0.1) is 6.92 Å². The minimum atomic E-state index is 0.630. The lowest BCUT2D eigenvalue weighted by molar-refractivity contribution is 0.366. The number of hydrogen-bond acceptors (Lipinski definition) is 4. The summed E-state index contributed by atoms with van der Waals surface area (Å²) in [6.45, 7) is 7.41. The molecule has 0 aromatic carbocycles. The maximum Gasteiger partial charge on any atom is 0.240 e. The molecule has 1 aromatic heterocycles. The second-order valence-corrected chi connectivity index (χ2v) is 3.15.